The van der Waals surface area contributed by atoms with Gasteiger partial charge in [0.2, 0.25) is 0 Å². The van der Waals surface area contributed by atoms with Crippen molar-refractivity contribution in [1.29, 1.82) is 0 Å². The molecule has 0 aliphatic carbocycles. The molecule has 0 aliphatic heterocycles. The van der Waals surface area contributed by atoms with Gasteiger partial charge in [-0.15, -0.1) is 11.3 Å². The van der Waals surface area contributed by atoms with Crippen LogP contribution in [-0.2, 0) is 19.6 Å². The lowest BCUT2D eigenvalue weighted by Crippen LogP contribution is -2.37. The van der Waals surface area contributed by atoms with Gasteiger partial charge in [-0.25, -0.2) is 0 Å². The van der Waals surface area contributed by atoms with Crippen LogP contribution in [0.15, 0.2) is 71.2 Å². The first kappa shape index (κ1) is 18.9. The Bertz CT molecular complexity index is 817. The second kappa shape index (κ2) is 10.3. The van der Waals surface area contributed by atoms with Gasteiger partial charge in [0, 0.05) is 31.2 Å². The Hall–Kier alpha value is -2.86. The normalized spacial score (nSPS) is 11.2. The van der Waals surface area contributed by atoms with Crippen LogP contribution in [0.3, 0.4) is 0 Å². The molecule has 0 bridgehead atoms. The Morgan fingerprint density at radius 2 is 1.96 bits per heavy atom. The predicted molar refractivity (Wildman–Crippen MR) is 111 cm³/mol. The summed E-state index contributed by atoms with van der Waals surface area (Å²) in [7, 11) is 1.79. The molecule has 2 aromatic heterocycles. The van der Waals surface area contributed by atoms with Crippen molar-refractivity contribution < 1.29 is 4.74 Å². The summed E-state index contributed by atoms with van der Waals surface area (Å²) in [6, 6.07) is 18.1. The van der Waals surface area contributed by atoms with Crippen molar-refractivity contribution in [3.63, 3.8) is 0 Å². The summed E-state index contributed by atoms with van der Waals surface area (Å²) >= 11 is 1.78. The molecule has 0 atom stereocenters. The van der Waals surface area contributed by atoms with E-state index in [9.17, 15) is 0 Å². The molecular formula is C21H24N4OS. The van der Waals surface area contributed by atoms with Crippen LogP contribution in [0, 0.1) is 0 Å². The smallest absolute Gasteiger partial charge is 0.191 e. The molecule has 0 saturated carbocycles. The highest BCUT2D eigenvalue weighted by atomic mass is 32.1. The molecule has 0 amide bonds. The van der Waals surface area contributed by atoms with E-state index in [1.54, 1.807) is 24.6 Å². The Morgan fingerprint density at radius 1 is 1.07 bits per heavy atom. The molecule has 3 rings (SSSR count). The third-order valence-electron chi connectivity index (χ3n) is 3.96. The number of aromatic nitrogens is 1. The lowest BCUT2D eigenvalue weighted by molar-refractivity contribution is 0.301. The number of thiophene rings is 1. The zero-order valence-electron chi connectivity index (χ0n) is 15.4. The Labute approximate surface area is 164 Å². The molecule has 27 heavy (non-hydrogen) atoms. The van der Waals surface area contributed by atoms with Crippen LogP contribution in [0.5, 0.6) is 5.75 Å². The van der Waals surface area contributed by atoms with E-state index in [4.69, 9.17) is 4.74 Å². The van der Waals surface area contributed by atoms with Crippen LogP contribution in [0.25, 0.3) is 0 Å². The van der Waals surface area contributed by atoms with Crippen molar-refractivity contribution in [3.8, 4) is 5.75 Å². The standard InChI is InChI=1S/C21H24N4OS/c1-22-21(24-13-11-20-6-4-14-27-20)25-15-17-7-9-19(10-8-17)26-16-18-5-2-3-12-23-18/h2-10,12,14H,11,13,15-16H2,1H3,(H2,22,24,25). The van der Waals surface area contributed by atoms with Crippen molar-refractivity contribution in [1.82, 2.24) is 15.6 Å². The van der Waals surface area contributed by atoms with Crippen molar-refractivity contribution in [2.45, 2.75) is 19.6 Å². The summed E-state index contributed by atoms with van der Waals surface area (Å²) in [4.78, 5) is 9.90. The Morgan fingerprint density at radius 3 is 2.67 bits per heavy atom. The molecule has 0 radical (unpaired) electrons. The fourth-order valence-corrected chi connectivity index (χ4v) is 3.22. The van der Waals surface area contributed by atoms with E-state index in [-0.39, 0.29) is 0 Å². The predicted octanol–water partition coefficient (Wildman–Crippen LogP) is 3.63. The van der Waals surface area contributed by atoms with Crippen molar-refractivity contribution in [2.75, 3.05) is 13.6 Å². The molecule has 2 heterocycles. The van der Waals surface area contributed by atoms with Crippen molar-refractivity contribution >= 4 is 17.3 Å². The van der Waals surface area contributed by atoms with Crippen molar-refractivity contribution in [3.05, 3.63) is 82.3 Å². The van der Waals surface area contributed by atoms with Gasteiger partial charge in [-0.1, -0.05) is 24.3 Å². The van der Waals surface area contributed by atoms with Crippen LogP contribution < -0.4 is 15.4 Å². The average molecular weight is 381 g/mol. The lowest BCUT2D eigenvalue weighted by Gasteiger charge is -2.12. The van der Waals surface area contributed by atoms with Gasteiger partial charge in [0.25, 0.3) is 0 Å². The third-order valence-corrected chi connectivity index (χ3v) is 4.90. The first-order chi connectivity index (χ1) is 13.3. The van der Waals surface area contributed by atoms with Gasteiger partial charge in [-0.3, -0.25) is 9.98 Å². The summed E-state index contributed by atoms with van der Waals surface area (Å²) in [5.41, 5.74) is 2.09. The van der Waals surface area contributed by atoms with Gasteiger partial charge in [-0.2, -0.15) is 0 Å². The number of rotatable bonds is 8. The molecular weight excluding hydrogens is 356 g/mol. The fourth-order valence-electron chi connectivity index (χ4n) is 2.51. The summed E-state index contributed by atoms with van der Waals surface area (Å²) in [6.07, 6.45) is 2.77. The molecule has 1 aromatic carbocycles. The van der Waals surface area contributed by atoms with Gasteiger partial charge in [0.05, 0.1) is 5.69 Å². The molecule has 5 nitrogen and oxygen atoms in total. The monoisotopic (exact) mass is 380 g/mol. The van der Waals surface area contributed by atoms with Crippen LogP contribution in [0.2, 0.25) is 0 Å². The number of hydrogen-bond acceptors (Lipinski definition) is 4. The third kappa shape index (κ3) is 6.42. The maximum Gasteiger partial charge on any atom is 0.191 e. The minimum Gasteiger partial charge on any atom is -0.487 e. The largest absolute Gasteiger partial charge is 0.487 e. The number of nitrogens with one attached hydrogen (secondary N) is 2. The first-order valence-electron chi connectivity index (χ1n) is 8.92. The summed E-state index contributed by atoms with van der Waals surface area (Å²) in [5, 5.41) is 8.78. The van der Waals surface area contributed by atoms with E-state index in [2.05, 4.69) is 50.3 Å². The van der Waals surface area contributed by atoms with Crippen LogP contribution in [-0.4, -0.2) is 24.5 Å². The molecule has 0 fully saturated rings. The molecule has 0 aliphatic rings. The molecule has 0 spiro atoms. The van der Waals surface area contributed by atoms with E-state index >= 15 is 0 Å². The number of aliphatic imine (C=N–C) groups is 1. The second-order valence-corrected chi connectivity index (χ2v) is 6.97. The van der Waals surface area contributed by atoms with E-state index < -0.39 is 0 Å². The van der Waals surface area contributed by atoms with E-state index in [1.165, 1.54) is 10.4 Å². The fraction of sp³-hybridized carbons (Fsp3) is 0.238. The molecule has 0 unspecified atom stereocenters. The highest BCUT2D eigenvalue weighted by Crippen LogP contribution is 2.13. The number of benzene rings is 1. The maximum atomic E-state index is 5.76. The molecule has 6 heteroatoms. The molecule has 140 valence electrons. The van der Waals surface area contributed by atoms with E-state index in [1.807, 2.05) is 30.3 Å². The maximum absolute atomic E-state index is 5.76. The molecule has 3 aromatic rings. The van der Waals surface area contributed by atoms with Crippen LogP contribution >= 0.6 is 11.3 Å². The average Bonchev–Trinajstić information content (AvgIpc) is 3.24. The quantitative estimate of drug-likeness (QED) is 0.463. The highest BCUT2D eigenvalue weighted by molar-refractivity contribution is 7.09. The first-order valence-corrected chi connectivity index (χ1v) is 9.80. The van der Waals surface area contributed by atoms with Crippen molar-refractivity contribution in [2.24, 2.45) is 4.99 Å². The Kier molecular flexibility index (Phi) is 7.24. The van der Waals surface area contributed by atoms with Gasteiger partial charge in [-0.05, 0) is 47.7 Å². The minimum absolute atomic E-state index is 0.471. The number of pyridine rings is 1. The Balaban J connectivity index is 1.40. The van der Waals surface area contributed by atoms with Crippen LogP contribution in [0.1, 0.15) is 16.1 Å². The minimum atomic E-state index is 0.471. The number of hydrogen-bond donors (Lipinski definition) is 2. The van der Waals surface area contributed by atoms with E-state index in [0.717, 1.165) is 30.4 Å². The van der Waals surface area contributed by atoms with E-state index in [0.29, 0.717) is 13.2 Å². The molecule has 2 N–H and O–H groups in total. The van der Waals surface area contributed by atoms with Gasteiger partial charge < -0.3 is 15.4 Å². The zero-order chi connectivity index (χ0) is 18.7. The summed E-state index contributed by atoms with van der Waals surface area (Å²) < 4.78 is 5.76. The number of guanidine groups is 1. The molecule has 0 saturated heterocycles. The second-order valence-electron chi connectivity index (χ2n) is 5.94. The summed E-state index contributed by atoms with van der Waals surface area (Å²) in [5.74, 6) is 1.64. The lowest BCUT2D eigenvalue weighted by atomic mass is 10.2. The number of nitrogens with zero attached hydrogens (tertiary/aromatic N) is 2. The highest BCUT2D eigenvalue weighted by Gasteiger charge is 2.01. The topological polar surface area (TPSA) is 58.5 Å². The van der Waals surface area contributed by atoms with Gasteiger partial charge in [0.1, 0.15) is 12.4 Å². The zero-order valence-corrected chi connectivity index (χ0v) is 16.2. The number of ether oxygens (including phenoxy) is 1. The van der Waals surface area contributed by atoms with Gasteiger partial charge >= 0.3 is 0 Å². The summed E-state index contributed by atoms with van der Waals surface area (Å²) in [6.45, 7) is 2.04. The van der Waals surface area contributed by atoms with Gasteiger partial charge in [0.15, 0.2) is 5.96 Å². The SMILES string of the molecule is CN=C(NCCc1cccs1)NCc1ccc(OCc2ccccn2)cc1. The van der Waals surface area contributed by atoms with Crippen LogP contribution in [0.4, 0.5) is 0 Å².